The van der Waals surface area contributed by atoms with E-state index in [9.17, 15) is 14.4 Å². The third kappa shape index (κ3) is 4.97. The summed E-state index contributed by atoms with van der Waals surface area (Å²) in [5.41, 5.74) is 0. The highest BCUT2D eigenvalue weighted by Gasteiger charge is 2.49. The van der Waals surface area contributed by atoms with E-state index in [0.717, 1.165) is 0 Å². The fourth-order valence-corrected chi connectivity index (χ4v) is 2.96. The standard InChI is InChI=1S/C17H23NO9/c1-8-18-14-11(25-8)6-12(17(21)23-5)27-16(14)15(22-4)13(26-10(3)20)7-24-9(2)19/h6,11,13-16H,7H2,1-5H3/t11-,13-,14+,15-,16-/m1/s1. The number of nitrogens with zero attached hydrogens (tertiary/aromatic N) is 1. The van der Waals surface area contributed by atoms with Crippen molar-refractivity contribution in [1.29, 1.82) is 0 Å². The number of fused-ring (bicyclic) bond motifs is 1. The van der Waals surface area contributed by atoms with Crippen LogP contribution in [-0.2, 0) is 42.8 Å². The van der Waals surface area contributed by atoms with Gasteiger partial charge in [0.2, 0.25) is 5.76 Å². The van der Waals surface area contributed by atoms with Gasteiger partial charge in [-0.05, 0) is 0 Å². The minimum Gasteiger partial charge on any atom is -0.478 e. The maximum Gasteiger partial charge on any atom is 0.373 e. The zero-order valence-corrected chi connectivity index (χ0v) is 15.8. The molecule has 0 saturated heterocycles. The second-order valence-electron chi connectivity index (χ2n) is 5.98. The van der Waals surface area contributed by atoms with Crippen LogP contribution >= 0.6 is 0 Å². The number of rotatable bonds is 7. The van der Waals surface area contributed by atoms with Crippen molar-refractivity contribution in [2.24, 2.45) is 4.99 Å². The van der Waals surface area contributed by atoms with Crippen LogP contribution in [0.5, 0.6) is 0 Å². The van der Waals surface area contributed by atoms with Crippen LogP contribution < -0.4 is 0 Å². The summed E-state index contributed by atoms with van der Waals surface area (Å²) < 4.78 is 31.8. The average Bonchev–Trinajstić information content (AvgIpc) is 2.98. The molecule has 10 heteroatoms. The van der Waals surface area contributed by atoms with Gasteiger partial charge in [0.15, 0.2) is 18.1 Å². The first-order valence-electron chi connectivity index (χ1n) is 8.28. The van der Waals surface area contributed by atoms with Gasteiger partial charge in [-0.15, -0.1) is 0 Å². The molecule has 27 heavy (non-hydrogen) atoms. The molecule has 0 aromatic heterocycles. The number of hydrogen-bond donors (Lipinski definition) is 0. The predicted molar refractivity (Wildman–Crippen MR) is 89.7 cm³/mol. The van der Waals surface area contributed by atoms with Crippen LogP contribution in [-0.4, -0.2) is 75.1 Å². The van der Waals surface area contributed by atoms with Gasteiger partial charge in [0.05, 0.1) is 7.11 Å². The summed E-state index contributed by atoms with van der Waals surface area (Å²) in [5, 5.41) is 0. The van der Waals surface area contributed by atoms with Gasteiger partial charge < -0.3 is 28.4 Å². The third-order valence-electron chi connectivity index (χ3n) is 4.01. The van der Waals surface area contributed by atoms with Crippen molar-refractivity contribution in [1.82, 2.24) is 0 Å². The second-order valence-corrected chi connectivity index (χ2v) is 5.98. The fraction of sp³-hybridized carbons (Fsp3) is 0.647. The summed E-state index contributed by atoms with van der Waals surface area (Å²) in [5.74, 6) is -1.47. The Morgan fingerprint density at radius 1 is 1.19 bits per heavy atom. The molecule has 2 rings (SSSR count). The molecule has 0 saturated carbocycles. The van der Waals surface area contributed by atoms with Gasteiger partial charge in [0.1, 0.15) is 24.9 Å². The summed E-state index contributed by atoms with van der Waals surface area (Å²) in [6.07, 6.45) is -1.81. The Morgan fingerprint density at radius 2 is 1.89 bits per heavy atom. The lowest BCUT2D eigenvalue weighted by Gasteiger charge is -2.37. The molecule has 0 aromatic carbocycles. The molecule has 10 nitrogen and oxygen atoms in total. The van der Waals surface area contributed by atoms with E-state index in [1.54, 1.807) is 6.92 Å². The quantitative estimate of drug-likeness (QED) is 0.445. The van der Waals surface area contributed by atoms with Crippen molar-refractivity contribution in [2.75, 3.05) is 20.8 Å². The molecule has 0 fully saturated rings. The molecule has 0 aromatic rings. The number of carbonyl (C=O) groups excluding carboxylic acids is 3. The van der Waals surface area contributed by atoms with E-state index in [-0.39, 0.29) is 12.4 Å². The van der Waals surface area contributed by atoms with E-state index in [1.165, 1.54) is 34.1 Å². The van der Waals surface area contributed by atoms with Crippen molar-refractivity contribution in [3.8, 4) is 0 Å². The summed E-state index contributed by atoms with van der Waals surface area (Å²) in [6, 6.07) is -0.543. The van der Waals surface area contributed by atoms with Crippen molar-refractivity contribution in [3.63, 3.8) is 0 Å². The first-order valence-corrected chi connectivity index (χ1v) is 8.28. The summed E-state index contributed by atoms with van der Waals surface area (Å²) in [7, 11) is 2.61. The summed E-state index contributed by atoms with van der Waals surface area (Å²) in [6.45, 7) is 3.88. The van der Waals surface area contributed by atoms with Gasteiger partial charge in [-0.3, -0.25) is 9.59 Å². The van der Waals surface area contributed by atoms with Crippen molar-refractivity contribution in [2.45, 2.75) is 51.2 Å². The molecule has 0 N–H and O–H groups in total. The first-order chi connectivity index (χ1) is 12.8. The Hall–Kier alpha value is -2.62. The maximum absolute atomic E-state index is 12.0. The molecule has 0 aliphatic carbocycles. The van der Waals surface area contributed by atoms with E-state index in [4.69, 9.17) is 28.4 Å². The first kappa shape index (κ1) is 20.7. The molecule has 0 spiro atoms. The van der Waals surface area contributed by atoms with Gasteiger partial charge in [0, 0.05) is 34.0 Å². The number of carbonyl (C=O) groups is 3. The van der Waals surface area contributed by atoms with Gasteiger partial charge >= 0.3 is 17.9 Å². The molecule has 2 aliphatic rings. The molecule has 2 heterocycles. The fourth-order valence-electron chi connectivity index (χ4n) is 2.96. The SMILES string of the molecule is COC(=O)C1=C[C@H]2OC(C)=N[C@@H]2[C@H]([C@H](OC)[C@@H](COC(C)=O)OC(C)=O)O1. The zero-order chi connectivity index (χ0) is 20.1. The van der Waals surface area contributed by atoms with Gasteiger partial charge in [-0.1, -0.05) is 0 Å². The number of hydrogen-bond acceptors (Lipinski definition) is 10. The van der Waals surface area contributed by atoms with Gasteiger partial charge in [0.25, 0.3) is 0 Å². The average molecular weight is 385 g/mol. The third-order valence-corrected chi connectivity index (χ3v) is 4.01. The largest absolute Gasteiger partial charge is 0.478 e. The Bertz CT molecular complexity index is 657. The lowest BCUT2D eigenvalue weighted by atomic mass is 9.94. The van der Waals surface area contributed by atoms with E-state index in [2.05, 4.69) is 4.99 Å². The molecular formula is C17H23NO9. The van der Waals surface area contributed by atoms with Gasteiger partial charge in [-0.2, -0.15) is 0 Å². The van der Waals surface area contributed by atoms with E-state index < -0.39 is 48.4 Å². The molecule has 5 atom stereocenters. The Labute approximate surface area is 156 Å². The summed E-state index contributed by atoms with van der Waals surface area (Å²) >= 11 is 0. The van der Waals surface area contributed by atoms with Gasteiger partial charge in [-0.25, -0.2) is 9.79 Å². The normalized spacial score (nSPS) is 25.6. The number of methoxy groups -OCH3 is 2. The minimum atomic E-state index is -0.977. The Morgan fingerprint density at radius 3 is 2.44 bits per heavy atom. The highest BCUT2D eigenvalue weighted by Crippen LogP contribution is 2.32. The highest BCUT2D eigenvalue weighted by atomic mass is 16.6. The van der Waals surface area contributed by atoms with E-state index in [0.29, 0.717) is 5.90 Å². The smallest absolute Gasteiger partial charge is 0.373 e. The number of esters is 3. The van der Waals surface area contributed by atoms with Crippen LogP contribution in [0.25, 0.3) is 0 Å². The van der Waals surface area contributed by atoms with Crippen LogP contribution in [0.2, 0.25) is 0 Å². The predicted octanol–water partition coefficient (Wildman–Crippen LogP) is 0.138. The molecule has 0 radical (unpaired) electrons. The molecule has 2 aliphatic heterocycles. The molecule has 0 unspecified atom stereocenters. The highest BCUT2D eigenvalue weighted by molar-refractivity contribution is 5.87. The molecule has 0 bridgehead atoms. The second kappa shape index (κ2) is 8.85. The van der Waals surface area contributed by atoms with E-state index in [1.807, 2.05) is 0 Å². The number of aliphatic imine (C=N–C) groups is 1. The molecule has 0 amide bonds. The number of ether oxygens (including phenoxy) is 6. The Balaban J connectivity index is 2.32. The van der Waals surface area contributed by atoms with Crippen molar-refractivity contribution in [3.05, 3.63) is 11.8 Å². The maximum atomic E-state index is 12.0. The van der Waals surface area contributed by atoms with Crippen LogP contribution in [0.4, 0.5) is 0 Å². The van der Waals surface area contributed by atoms with Crippen molar-refractivity contribution < 1.29 is 42.8 Å². The minimum absolute atomic E-state index is 0.0650. The van der Waals surface area contributed by atoms with Crippen LogP contribution in [0.1, 0.15) is 20.8 Å². The topological polar surface area (TPSA) is 119 Å². The lowest BCUT2D eigenvalue weighted by molar-refractivity contribution is -0.178. The zero-order valence-electron chi connectivity index (χ0n) is 15.8. The summed E-state index contributed by atoms with van der Waals surface area (Å²) in [4.78, 5) is 39.0. The Kier molecular flexibility index (Phi) is 6.78. The van der Waals surface area contributed by atoms with Crippen LogP contribution in [0, 0.1) is 0 Å². The van der Waals surface area contributed by atoms with Crippen molar-refractivity contribution >= 4 is 23.8 Å². The lowest BCUT2D eigenvalue weighted by Crippen LogP contribution is -2.54. The van der Waals surface area contributed by atoms with E-state index >= 15 is 0 Å². The molecular weight excluding hydrogens is 362 g/mol. The van der Waals surface area contributed by atoms with Crippen LogP contribution in [0.15, 0.2) is 16.8 Å². The monoisotopic (exact) mass is 385 g/mol. The molecule has 150 valence electrons. The van der Waals surface area contributed by atoms with Crippen LogP contribution in [0.3, 0.4) is 0 Å².